The second-order valence-corrected chi connectivity index (χ2v) is 6.98. The van der Waals surface area contributed by atoms with Gasteiger partial charge in [0.15, 0.2) is 0 Å². The summed E-state index contributed by atoms with van der Waals surface area (Å²) in [5.74, 6) is 1.47. The van der Waals surface area contributed by atoms with Crippen molar-refractivity contribution in [1.82, 2.24) is 15.5 Å². The molecule has 2 aromatic carbocycles. The van der Waals surface area contributed by atoms with Crippen molar-refractivity contribution in [3.05, 3.63) is 65.5 Å². The zero-order valence-electron chi connectivity index (χ0n) is 16.5. The van der Waals surface area contributed by atoms with Crippen LogP contribution in [0.15, 0.2) is 53.1 Å². The quantitative estimate of drug-likeness (QED) is 0.598. The Morgan fingerprint density at radius 2 is 1.93 bits per heavy atom. The predicted molar refractivity (Wildman–Crippen MR) is 110 cm³/mol. The number of nitrogens with one attached hydrogen (secondary N) is 2. The smallest absolute Gasteiger partial charge is 0.251 e. The van der Waals surface area contributed by atoms with Gasteiger partial charge in [-0.3, -0.25) is 4.79 Å². The van der Waals surface area contributed by atoms with Crippen molar-refractivity contribution in [3.8, 4) is 11.4 Å². The van der Waals surface area contributed by atoms with Gasteiger partial charge in [0.05, 0.1) is 6.54 Å². The third-order valence-electron chi connectivity index (χ3n) is 4.41. The van der Waals surface area contributed by atoms with Crippen LogP contribution in [0.25, 0.3) is 11.4 Å². The van der Waals surface area contributed by atoms with Crippen LogP contribution < -0.4 is 10.6 Å². The van der Waals surface area contributed by atoms with E-state index in [0.717, 1.165) is 17.7 Å². The van der Waals surface area contributed by atoms with Crippen molar-refractivity contribution >= 4 is 11.6 Å². The number of nitrogens with zero attached hydrogens (tertiary/aromatic N) is 2. The van der Waals surface area contributed by atoms with Crippen LogP contribution in [0, 0.1) is 0 Å². The second-order valence-electron chi connectivity index (χ2n) is 6.98. The molecule has 0 radical (unpaired) electrons. The Balaban J connectivity index is 1.62. The zero-order chi connectivity index (χ0) is 19.9. The normalized spacial score (nSPS) is 10.9. The molecule has 0 aliphatic heterocycles. The summed E-state index contributed by atoms with van der Waals surface area (Å²) in [7, 11) is 0. The lowest BCUT2D eigenvalue weighted by Gasteiger charge is -2.07. The summed E-state index contributed by atoms with van der Waals surface area (Å²) in [5, 5.41) is 10.2. The van der Waals surface area contributed by atoms with Gasteiger partial charge in [-0.25, -0.2) is 0 Å². The molecule has 0 fully saturated rings. The highest BCUT2D eigenvalue weighted by atomic mass is 16.5. The number of anilines is 1. The summed E-state index contributed by atoms with van der Waals surface area (Å²) in [6.07, 6.45) is 0.906. The Morgan fingerprint density at radius 3 is 2.64 bits per heavy atom. The fourth-order valence-corrected chi connectivity index (χ4v) is 2.75. The Bertz CT molecular complexity index is 916. The molecule has 0 saturated carbocycles. The van der Waals surface area contributed by atoms with Crippen LogP contribution in [0.1, 0.15) is 54.9 Å². The van der Waals surface area contributed by atoms with Crippen LogP contribution in [-0.2, 0) is 6.54 Å². The van der Waals surface area contributed by atoms with Gasteiger partial charge in [-0.2, -0.15) is 4.98 Å². The molecule has 0 saturated heterocycles. The largest absolute Gasteiger partial charge is 0.376 e. The molecular formula is C22H26N4O2. The van der Waals surface area contributed by atoms with Crippen molar-refractivity contribution in [2.24, 2.45) is 0 Å². The standard InChI is InChI=1S/C22H26N4O2/c1-4-12-23-22(27)18-6-5-7-19(13-18)24-14-20-25-21(26-28-20)17-10-8-16(9-11-17)15(2)3/h5-11,13,15,24H,4,12,14H2,1-3H3,(H,23,27). The van der Waals surface area contributed by atoms with Gasteiger partial charge < -0.3 is 15.2 Å². The van der Waals surface area contributed by atoms with E-state index in [0.29, 0.717) is 36.3 Å². The molecule has 6 nitrogen and oxygen atoms in total. The van der Waals surface area contributed by atoms with E-state index in [2.05, 4.69) is 46.8 Å². The van der Waals surface area contributed by atoms with E-state index in [1.165, 1.54) is 5.56 Å². The molecule has 1 amide bonds. The van der Waals surface area contributed by atoms with Gasteiger partial charge in [-0.15, -0.1) is 0 Å². The summed E-state index contributed by atoms with van der Waals surface area (Å²) >= 11 is 0. The van der Waals surface area contributed by atoms with Crippen LogP contribution in [-0.4, -0.2) is 22.6 Å². The highest BCUT2D eigenvalue weighted by molar-refractivity contribution is 5.95. The van der Waals surface area contributed by atoms with Crippen LogP contribution in [0.2, 0.25) is 0 Å². The van der Waals surface area contributed by atoms with Crippen molar-refractivity contribution < 1.29 is 9.32 Å². The topological polar surface area (TPSA) is 80.0 Å². The number of amides is 1. The van der Waals surface area contributed by atoms with Gasteiger partial charge in [-0.05, 0) is 36.1 Å². The minimum atomic E-state index is -0.0737. The Kier molecular flexibility index (Phi) is 6.42. The lowest BCUT2D eigenvalue weighted by Crippen LogP contribution is -2.23. The molecule has 0 bridgehead atoms. The van der Waals surface area contributed by atoms with Crippen LogP contribution in [0.5, 0.6) is 0 Å². The van der Waals surface area contributed by atoms with E-state index in [1.807, 2.05) is 37.3 Å². The molecular weight excluding hydrogens is 352 g/mol. The van der Waals surface area contributed by atoms with Gasteiger partial charge in [0.1, 0.15) is 0 Å². The van der Waals surface area contributed by atoms with Crippen LogP contribution in [0.3, 0.4) is 0 Å². The molecule has 0 spiro atoms. The molecule has 1 aromatic heterocycles. The van der Waals surface area contributed by atoms with Gasteiger partial charge in [-0.1, -0.05) is 56.3 Å². The number of carbonyl (C=O) groups is 1. The molecule has 0 aliphatic carbocycles. The first-order valence-electron chi connectivity index (χ1n) is 9.62. The lowest BCUT2D eigenvalue weighted by molar-refractivity contribution is 0.0953. The molecule has 2 N–H and O–H groups in total. The van der Waals surface area contributed by atoms with E-state index in [1.54, 1.807) is 6.07 Å². The van der Waals surface area contributed by atoms with Gasteiger partial charge in [0, 0.05) is 23.4 Å². The van der Waals surface area contributed by atoms with Crippen molar-refractivity contribution in [1.29, 1.82) is 0 Å². The van der Waals surface area contributed by atoms with E-state index < -0.39 is 0 Å². The number of aromatic nitrogens is 2. The summed E-state index contributed by atoms with van der Waals surface area (Å²) in [5.41, 5.74) is 3.64. The molecule has 0 atom stereocenters. The van der Waals surface area contributed by atoms with Gasteiger partial charge in [0.2, 0.25) is 11.7 Å². The van der Waals surface area contributed by atoms with E-state index in [-0.39, 0.29) is 5.91 Å². The summed E-state index contributed by atoms with van der Waals surface area (Å²) in [6.45, 7) is 7.40. The number of benzene rings is 2. The van der Waals surface area contributed by atoms with Crippen molar-refractivity contribution in [2.45, 2.75) is 39.7 Å². The molecule has 6 heteroatoms. The second kappa shape index (κ2) is 9.17. The lowest BCUT2D eigenvalue weighted by atomic mass is 10.0. The zero-order valence-corrected chi connectivity index (χ0v) is 16.5. The summed E-state index contributed by atoms with van der Waals surface area (Å²) in [4.78, 5) is 16.5. The molecule has 0 unspecified atom stereocenters. The minimum absolute atomic E-state index is 0.0737. The fraction of sp³-hybridized carbons (Fsp3) is 0.318. The maximum atomic E-state index is 12.1. The Hall–Kier alpha value is -3.15. The molecule has 1 heterocycles. The SMILES string of the molecule is CCCNC(=O)c1cccc(NCc2nc(-c3ccc(C(C)C)cc3)no2)c1. The molecule has 146 valence electrons. The highest BCUT2D eigenvalue weighted by Crippen LogP contribution is 2.21. The number of hydrogen-bond acceptors (Lipinski definition) is 5. The van der Waals surface area contributed by atoms with Gasteiger partial charge in [0.25, 0.3) is 5.91 Å². The van der Waals surface area contributed by atoms with Gasteiger partial charge >= 0.3 is 0 Å². The van der Waals surface area contributed by atoms with E-state index in [9.17, 15) is 4.79 Å². The third kappa shape index (κ3) is 4.97. The first kappa shape index (κ1) is 19.6. The van der Waals surface area contributed by atoms with Crippen LogP contribution >= 0.6 is 0 Å². The number of carbonyl (C=O) groups excluding carboxylic acids is 1. The van der Waals surface area contributed by atoms with Crippen LogP contribution in [0.4, 0.5) is 5.69 Å². The van der Waals surface area contributed by atoms with E-state index in [4.69, 9.17) is 4.52 Å². The highest BCUT2D eigenvalue weighted by Gasteiger charge is 2.10. The monoisotopic (exact) mass is 378 g/mol. The van der Waals surface area contributed by atoms with E-state index >= 15 is 0 Å². The van der Waals surface area contributed by atoms with Crippen molar-refractivity contribution in [3.63, 3.8) is 0 Å². The maximum absolute atomic E-state index is 12.1. The number of hydrogen-bond donors (Lipinski definition) is 2. The molecule has 28 heavy (non-hydrogen) atoms. The first-order chi connectivity index (χ1) is 13.6. The fourth-order valence-electron chi connectivity index (χ4n) is 2.75. The summed E-state index contributed by atoms with van der Waals surface area (Å²) in [6, 6.07) is 15.5. The molecule has 3 aromatic rings. The minimum Gasteiger partial charge on any atom is -0.376 e. The maximum Gasteiger partial charge on any atom is 0.251 e. The number of rotatable bonds is 8. The molecule has 0 aliphatic rings. The first-order valence-corrected chi connectivity index (χ1v) is 9.62. The average Bonchev–Trinajstić information content (AvgIpc) is 3.20. The Labute approximate surface area is 165 Å². The summed E-state index contributed by atoms with van der Waals surface area (Å²) < 4.78 is 5.35. The predicted octanol–water partition coefficient (Wildman–Crippen LogP) is 4.61. The Morgan fingerprint density at radius 1 is 1.14 bits per heavy atom. The molecule has 3 rings (SSSR count). The third-order valence-corrected chi connectivity index (χ3v) is 4.41. The average molecular weight is 378 g/mol. The van der Waals surface area contributed by atoms with Crippen molar-refractivity contribution in [2.75, 3.05) is 11.9 Å².